The molecule has 0 saturated heterocycles. The average molecular weight is 509 g/mol. The highest BCUT2D eigenvalue weighted by Crippen LogP contribution is 2.34. The van der Waals surface area contributed by atoms with Crippen molar-refractivity contribution < 1.29 is 28.5 Å². The van der Waals surface area contributed by atoms with Gasteiger partial charge in [0.2, 0.25) is 5.78 Å². The first-order valence-electron chi connectivity index (χ1n) is 11.5. The number of aromatic hydroxyl groups is 1. The number of hydrogen-bond acceptors (Lipinski definition) is 7. The predicted molar refractivity (Wildman–Crippen MR) is 140 cm³/mol. The van der Waals surface area contributed by atoms with E-state index < -0.39 is 0 Å². The van der Waals surface area contributed by atoms with Crippen molar-refractivity contribution in [2.75, 3.05) is 7.11 Å². The molecule has 1 aromatic heterocycles. The summed E-state index contributed by atoms with van der Waals surface area (Å²) in [7, 11) is 1.60. The summed E-state index contributed by atoms with van der Waals surface area (Å²) in [5.41, 5.74) is 2.65. The molecule has 0 fully saturated rings. The molecular weight excluding hydrogens is 487 g/mol. The van der Waals surface area contributed by atoms with Crippen molar-refractivity contribution in [3.05, 3.63) is 125 Å². The maximum atomic E-state index is 13.1. The zero-order valence-corrected chi connectivity index (χ0v) is 20.1. The fourth-order valence-electron chi connectivity index (χ4n) is 3.81. The lowest BCUT2D eigenvalue weighted by Gasteiger charge is -2.01. The molecule has 8 heteroatoms. The van der Waals surface area contributed by atoms with Crippen molar-refractivity contribution in [2.24, 2.45) is 0 Å². The summed E-state index contributed by atoms with van der Waals surface area (Å²) in [6.45, 7) is 0. The Labute approximate surface area is 217 Å². The van der Waals surface area contributed by atoms with Crippen molar-refractivity contribution in [3.63, 3.8) is 0 Å². The fraction of sp³-hybridized carbons (Fsp3) is 0.0333. The van der Waals surface area contributed by atoms with Gasteiger partial charge in [0.25, 0.3) is 0 Å². The van der Waals surface area contributed by atoms with Crippen LogP contribution in [-0.4, -0.2) is 28.7 Å². The topological polar surface area (TPSA) is 102 Å². The molecule has 0 spiro atoms. The highest BCUT2D eigenvalue weighted by molar-refractivity contribution is 6.16. The van der Waals surface area contributed by atoms with Gasteiger partial charge in [0.05, 0.1) is 18.4 Å². The number of carbonyl (C=O) groups is 1. The standard InChI is InChI=1S/C16H12O4.C14H9FN2O/c1-19-12-5-2-10(3-6-12)8-15-16(18)13-7-4-11(17)9-14(13)20-15;15-9-4-5-12-11(7-9)14(16)13(18-12)8-10-3-1-2-6-17-10/h2-9,17H,1H3;1-8,16H/b15-8-;13-8-,16-14?. The lowest BCUT2D eigenvalue weighted by Crippen LogP contribution is -1.98. The summed E-state index contributed by atoms with van der Waals surface area (Å²) in [4.78, 5) is 16.3. The van der Waals surface area contributed by atoms with Crippen molar-refractivity contribution in [1.82, 2.24) is 4.98 Å². The maximum absolute atomic E-state index is 13.1. The summed E-state index contributed by atoms with van der Waals surface area (Å²) in [6, 6.07) is 21.4. The predicted octanol–water partition coefficient (Wildman–Crippen LogP) is 6.04. The third-order valence-electron chi connectivity index (χ3n) is 5.71. The third-order valence-corrected chi connectivity index (χ3v) is 5.71. The van der Waals surface area contributed by atoms with Crippen molar-refractivity contribution in [3.8, 4) is 23.0 Å². The number of pyridine rings is 1. The molecule has 3 heterocycles. The maximum Gasteiger partial charge on any atom is 0.231 e. The number of rotatable bonds is 3. The molecular formula is C30H21FN2O5. The number of nitrogens with zero attached hydrogens (tertiary/aromatic N) is 1. The molecule has 0 bridgehead atoms. The van der Waals surface area contributed by atoms with Crippen LogP contribution >= 0.6 is 0 Å². The Balaban J connectivity index is 0.000000156. The zero-order valence-electron chi connectivity index (χ0n) is 20.1. The highest BCUT2D eigenvalue weighted by atomic mass is 19.1. The SMILES string of the molecule is COc1ccc(/C=C2\Oc3cc(O)ccc3C2=O)cc1.N=C1/C(=C/c2ccccn2)Oc2ccc(F)cc21. The van der Waals surface area contributed by atoms with Crippen LogP contribution in [0, 0.1) is 11.2 Å². The number of ether oxygens (including phenoxy) is 3. The first-order valence-corrected chi connectivity index (χ1v) is 11.5. The van der Waals surface area contributed by atoms with Gasteiger partial charge in [-0.2, -0.15) is 0 Å². The largest absolute Gasteiger partial charge is 0.508 e. The van der Waals surface area contributed by atoms with Crippen LogP contribution in [0.5, 0.6) is 23.0 Å². The van der Waals surface area contributed by atoms with Crippen LogP contribution in [0.3, 0.4) is 0 Å². The quantitative estimate of drug-likeness (QED) is 0.327. The number of ketones is 1. The summed E-state index contributed by atoms with van der Waals surface area (Å²) in [5, 5.41) is 17.3. The van der Waals surface area contributed by atoms with E-state index in [1.807, 2.05) is 42.5 Å². The van der Waals surface area contributed by atoms with E-state index in [1.165, 1.54) is 30.3 Å². The van der Waals surface area contributed by atoms with Crippen LogP contribution in [0.25, 0.3) is 12.2 Å². The first kappa shape index (κ1) is 24.5. The van der Waals surface area contributed by atoms with E-state index >= 15 is 0 Å². The number of benzene rings is 3. The van der Waals surface area contributed by atoms with Gasteiger partial charge in [-0.05, 0) is 66.2 Å². The van der Waals surface area contributed by atoms with E-state index in [2.05, 4.69) is 4.98 Å². The Bertz CT molecular complexity index is 1600. The molecule has 4 aromatic rings. The first-order chi connectivity index (χ1) is 18.4. The molecule has 3 aromatic carbocycles. The molecule has 7 nitrogen and oxygen atoms in total. The molecule has 0 amide bonds. The second-order valence-electron chi connectivity index (χ2n) is 8.27. The average Bonchev–Trinajstić information content (AvgIpc) is 3.40. The van der Waals surface area contributed by atoms with Crippen LogP contribution in [-0.2, 0) is 0 Å². The number of nitrogens with one attached hydrogen (secondary N) is 1. The van der Waals surface area contributed by atoms with Gasteiger partial charge in [0.15, 0.2) is 11.5 Å². The highest BCUT2D eigenvalue weighted by Gasteiger charge is 2.27. The number of hydrogen-bond donors (Lipinski definition) is 2. The molecule has 2 aliphatic heterocycles. The number of Topliss-reactive ketones (excluding diaryl/α,β-unsaturated/α-hetero) is 1. The number of phenolic OH excluding ortho intramolecular Hbond substituents is 1. The molecule has 2 N–H and O–H groups in total. The number of aromatic nitrogens is 1. The van der Waals surface area contributed by atoms with E-state index in [1.54, 1.807) is 31.5 Å². The molecule has 0 saturated carbocycles. The van der Waals surface area contributed by atoms with Gasteiger partial charge in [-0.1, -0.05) is 18.2 Å². The summed E-state index contributed by atoms with van der Waals surface area (Å²) < 4.78 is 29.2. The molecule has 2 aliphatic rings. The lowest BCUT2D eigenvalue weighted by molar-refractivity contribution is 0.101. The van der Waals surface area contributed by atoms with Gasteiger partial charge in [-0.15, -0.1) is 0 Å². The Morgan fingerprint density at radius 1 is 0.895 bits per heavy atom. The minimum Gasteiger partial charge on any atom is -0.508 e. The second-order valence-corrected chi connectivity index (χ2v) is 8.27. The summed E-state index contributed by atoms with van der Waals surface area (Å²) in [5.74, 6) is 1.78. The van der Waals surface area contributed by atoms with E-state index in [4.69, 9.17) is 19.6 Å². The minimum atomic E-state index is -0.374. The third kappa shape index (κ3) is 5.15. The second kappa shape index (κ2) is 10.4. The number of halogens is 1. The summed E-state index contributed by atoms with van der Waals surface area (Å²) >= 11 is 0. The number of methoxy groups -OCH3 is 1. The van der Waals surface area contributed by atoms with Crippen LogP contribution < -0.4 is 14.2 Å². The smallest absolute Gasteiger partial charge is 0.231 e. The van der Waals surface area contributed by atoms with Crippen LogP contribution in [0.2, 0.25) is 0 Å². The number of carbonyl (C=O) groups excluding carboxylic acids is 1. The van der Waals surface area contributed by atoms with Crippen LogP contribution in [0.15, 0.2) is 96.6 Å². The zero-order chi connectivity index (χ0) is 26.6. The molecule has 0 atom stereocenters. The van der Waals surface area contributed by atoms with Gasteiger partial charge < -0.3 is 19.3 Å². The van der Waals surface area contributed by atoms with E-state index in [0.29, 0.717) is 34.1 Å². The lowest BCUT2D eigenvalue weighted by atomic mass is 10.1. The Kier molecular flexibility index (Phi) is 6.69. The molecule has 0 unspecified atom stereocenters. The number of fused-ring (bicyclic) bond motifs is 2. The van der Waals surface area contributed by atoms with Gasteiger partial charge in [0, 0.05) is 23.9 Å². The van der Waals surface area contributed by atoms with Gasteiger partial charge in [-0.3, -0.25) is 15.2 Å². The van der Waals surface area contributed by atoms with Gasteiger partial charge in [-0.25, -0.2) is 4.39 Å². The molecule has 0 radical (unpaired) electrons. The number of allylic oxidation sites excluding steroid dienone is 2. The molecule has 0 aliphatic carbocycles. The number of phenols is 1. The molecule has 6 rings (SSSR count). The molecule has 38 heavy (non-hydrogen) atoms. The molecule has 188 valence electrons. The minimum absolute atomic E-state index is 0.0715. The van der Waals surface area contributed by atoms with E-state index in [-0.39, 0.29) is 28.8 Å². The van der Waals surface area contributed by atoms with Crippen molar-refractivity contribution >= 4 is 23.6 Å². The Morgan fingerprint density at radius 2 is 1.68 bits per heavy atom. The van der Waals surface area contributed by atoms with Crippen LogP contribution in [0.1, 0.15) is 27.2 Å². The van der Waals surface area contributed by atoms with E-state index in [0.717, 1.165) is 11.3 Å². The Hall–Kier alpha value is -5.24. The normalized spacial score (nSPS) is 15.3. The van der Waals surface area contributed by atoms with Crippen LogP contribution in [0.4, 0.5) is 4.39 Å². The van der Waals surface area contributed by atoms with Gasteiger partial charge in [0.1, 0.15) is 34.5 Å². The van der Waals surface area contributed by atoms with Crippen molar-refractivity contribution in [2.45, 2.75) is 0 Å². The van der Waals surface area contributed by atoms with Crippen molar-refractivity contribution in [1.29, 1.82) is 5.41 Å². The monoisotopic (exact) mass is 508 g/mol. The fourth-order valence-corrected chi connectivity index (χ4v) is 3.81. The summed E-state index contributed by atoms with van der Waals surface area (Å²) in [6.07, 6.45) is 5.00. The van der Waals surface area contributed by atoms with E-state index in [9.17, 15) is 14.3 Å². The van der Waals surface area contributed by atoms with Gasteiger partial charge >= 0.3 is 0 Å². The Morgan fingerprint density at radius 3 is 2.42 bits per heavy atom.